The van der Waals surface area contributed by atoms with Gasteiger partial charge in [0, 0.05) is 0 Å². The van der Waals surface area contributed by atoms with E-state index in [0.717, 1.165) is 0 Å². The lowest BCUT2D eigenvalue weighted by atomic mass is 10.2. The molecule has 1 N–H and O–H groups in total. The molecule has 0 amide bonds. The molecule has 82 valence electrons. The molecule has 1 aromatic heterocycles. The maximum atomic E-state index is 12.4. The minimum Gasteiger partial charge on any atom is -0.505 e. The summed E-state index contributed by atoms with van der Waals surface area (Å²) in [6, 6.07) is 0. The third kappa shape index (κ3) is 2.12. The molecule has 5 nitrogen and oxygen atoms in total. The highest BCUT2D eigenvalue weighted by Crippen LogP contribution is 2.37. The maximum absolute atomic E-state index is 12.4. The highest BCUT2D eigenvalue weighted by molar-refractivity contribution is 6.17. The van der Waals surface area contributed by atoms with E-state index in [9.17, 15) is 24.0 Å². The molecule has 15 heavy (non-hydrogen) atoms. The molecule has 0 unspecified atom stereocenters. The standard InChI is InChI=1S/C7H5ClF2N2O3/c8-1-3-6(13)5(7(9)10)4(2-11-3)12(14)15/h2,7,13H,1H2. The normalized spacial score (nSPS) is 10.7. The van der Waals surface area contributed by atoms with E-state index in [4.69, 9.17) is 11.6 Å². The number of hydrogen-bond donors (Lipinski definition) is 1. The fourth-order valence-electron chi connectivity index (χ4n) is 1.00. The molecular formula is C7H5ClF2N2O3. The summed E-state index contributed by atoms with van der Waals surface area (Å²) >= 11 is 5.30. The largest absolute Gasteiger partial charge is 0.505 e. The fraction of sp³-hybridized carbons (Fsp3) is 0.286. The molecular weight excluding hydrogens is 234 g/mol. The highest BCUT2D eigenvalue weighted by atomic mass is 35.5. The number of hydrogen-bond acceptors (Lipinski definition) is 4. The number of aromatic nitrogens is 1. The van der Waals surface area contributed by atoms with Gasteiger partial charge in [0.25, 0.3) is 12.1 Å². The molecule has 0 aliphatic heterocycles. The van der Waals surface area contributed by atoms with E-state index >= 15 is 0 Å². The van der Waals surface area contributed by atoms with E-state index in [1.807, 2.05) is 0 Å². The van der Waals surface area contributed by atoms with E-state index in [2.05, 4.69) is 4.98 Å². The lowest BCUT2D eigenvalue weighted by Crippen LogP contribution is -2.00. The van der Waals surface area contributed by atoms with Gasteiger partial charge in [-0.2, -0.15) is 0 Å². The van der Waals surface area contributed by atoms with Crippen molar-refractivity contribution >= 4 is 17.3 Å². The number of rotatable bonds is 3. The zero-order valence-electron chi connectivity index (χ0n) is 7.15. The summed E-state index contributed by atoms with van der Waals surface area (Å²) in [4.78, 5) is 12.7. The van der Waals surface area contributed by atoms with E-state index in [0.29, 0.717) is 6.20 Å². The van der Waals surface area contributed by atoms with Crippen LogP contribution < -0.4 is 0 Å². The van der Waals surface area contributed by atoms with Gasteiger partial charge in [-0.1, -0.05) is 0 Å². The summed E-state index contributed by atoms with van der Waals surface area (Å²) in [5, 5.41) is 19.6. The molecule has 0 fully saturated rings. The van der Waals surface area contributed by atoms with Crippen molar-refractivity contribution in [2.24, 2.45) is 0 Å². The first-order valence-corrected chi connectivity index (χ1v) is 4.21. The Kier molecular flexibility index (Phi) is 3.35. The molecule has 8 heteroatoms. The first-order valence-electron chi connectivity index (χ1n) is 3.68. The van der Waals surface area contributed by atoms with E-state index in [-0.39, 0.29) is 11.6 Å². The van der Waals surface area contributed by atoms with E-state index in [1.165, 1.54) is 0 Å². The van der Waals surface area contributed by atoms with E-state index in [1.54, 1.807) is 0 Å². The molecule has 1 rings (SSSR count). The van der Waals surface area contributed by atoms with Crippen LogP contribution in [0.25, 0.3) is 0 Å². The van der Waals surface area contributed by atoms with Crippen molar-refractivity contribution in [1.29, 1.82) is 0 Å². The van der Waals surface area contributed by atoms with Crippen LogP contribution in [-0.2, 0) is 5.88 Å². The lowest BCUT2D eigenvalue weighted by Gasteiger charge is -2.06. The Balaban J connectivity index is 3.44. The highest BCUT2D eigenvalue weighted by Gasteiger charge is 2.28. The Morgan fingerprint density at radius 3 is 2.67 bits per heavy atom. The Hall–Kier alpha value is -1.50. The molecule has 0 radical (unpaired) electrons. The van der Waals surface area contributed by atoms with Crippen LogP contribution in [0.3, 0.4) is 0 Å². The molecule has 0 bridgehead atoms. The van der Waals surface area contributed by atoms with Crippen molar-refractivity contribution in [3.63, 3.8) is 0 Å². The Labute approximate surface area is 87.5 Å². The van der Waals surface area contributed by atoms with Crippen molar-refractivity contribution in [2.75, 3.05) is 0 Å². The Morgan fingerprint density at radius 2 is 2.27 bits per heavy atom. The third-order valence-corrected chi connectivity index (χ3v) is 1.94. The predicted molar refractivity (Wildman–Crippen MR) is 47.1 cm³/mol. The molecule has 0 aliphatic rings. The Bertz CT molecular complexity index is 400. The molecule has 0 spiro atoms. The lowest BCUT2D eigenvalue weighted by molar-refractivity contribution is -0.386. The van der Waals surface area contributed by atoms with Gasteiger partial charge < -0.3 is 5.11 Å². The fourth-order valence-corrected chi connectivity index (χ4v) is 1.20. The molecule has 0 saturated carbocycles. The van der Waals surface area contributed by atoms with Crippen molar-refractivity contribution < 1.29 is 18.8 Å². The number of halogens is 3. The number of pyridine rings is 1. The number of alkyl halides is 3. The minimum absolute atomic E-state index is 0.211. The van der Waals surface area contributed by atoms with Gasteiger partial charge in [0.05, 0.1) is 16.5 Å². The van der Waals surface area contributed by atoms with Gasteiger partial charge >= 0.3 is 0 Å². The second-order valence-corrected chi connectivity index (χ2v) is 2.81. The van der Waals surface area contributed by atoms with Crippen LogP contribution in [0.1, 0.15) is 17.7 Å². The van der Waals surface area contributed by atoms with Gasteiger partial charge in [-0.25, -0.2) is 13.8 Å². The predicted octanol–water partition coefficient (Wildman–Crippen LogP) is 2.37. The molecule has 0 saturated heterocycles. The minimum atomic E-state index is -3.16. The van der Waals surface area contributed by atoms with Crippen LogP contribution in [0.5, 0.6) is 5.75 Å². The van der Waals surface area contributed by atoms with Gasteiger partial charge in [-0.3, -0.25) is 10.1 Å². The zero-order chi connectivity index (χ0) is 11.6. The van der Waals surface area contributed by atoms with Gasteiger partial charge in [0.15, 0.2) is 5.75 Å². The van der Waals surface area contributed by atoms with Crippen molar-refractivity contribution in [3.05, 3.63) is 27.6 Å². The molecule has 1 heterocycles. The van der Waals surface area contributed by atoms with Crippen LogP contribution >= 0.6 is 11.6 Å². The quantitative estimate of drug-likeness (QED) is 0.498. The number of nitrogens with zero attached hydrogens (tertiary/aromatic N) is 2. The van der Waals surface area contributed by atoms with Gasteiger partial charge in [-0.05, 0) is 0 Å². The SMILES string of the molecule is O=[N+]([O-])c1cnc(CCl)c(O)c1C(F)F. The zero-order valence-corrected chi connectivity index (χ0v) is 7.91. The second-order valence-electron chi connectivity index (χ2n) is 2.54. The summed E-state index contributed by atoms with van der Waals surface area (Å²) in [7, 11) is 0. The summed E-state index contributed by atoms with van der Waals surface area (Å²) in [6.45, 7) is 0. The third-order valence-electron chi connectivity index (χ3n) is 1.69. The maximum Gasteiger partial charge on any atom is 0.300 e. The second kappa shape index (κ2) is 4.35. The van der Waals surface area contributed by atoms with Gasteiger partial charge in [0.1, 0.15) is 11.8 Å². The van der Waals surface area contributed by atoms with Crippen molar-refractivity contribution in [3.8, 4) is 5.75 Å². The topological polar surface area (TPSA) is 76.3 Å². The number of aromatic hydroxyl groups is 1. The number of nitro groups is 1. The summed E-state index contributed by atoms with van der Waals surface area (Å²) < 4.78 is 24.9. The van der Waals surface area contributed by atoms with Crippen LogP contribution in [0.2, 0.25) is 0 Å². The monoisotopic (exact) mass is 238 g/mol. The molecule has 1 aromatic rings. The molecule has 0 aromatic carbocycles. The average Bonchev–Trinajstić information content (AvgIpc) is 2.16. The Morgan fingerprint density at radius 1 is 1.67 bits per heavy atom. The van der Waals surface area contributed by atoms with Crippen LogP contribution in [0, 0.1) is 10.1 Å². The summed E-state index contributed by atoms with van der Waals surface area (Å²) in [6.07, 6.45) is -2.51. The van der Waals surface area contributed by atoms with Crippen molar-refractivity contribution in [2.45, 2.75) is 12.3 Å². The first kappa shape index (κ1) is 11.6. The summed E-state index contributed by atoms with van der Waals surface area (Å²) in [5.41, 5.74) is -2.18. The van der Waals surface area contributed by atoms with E-state index < -0.39 is 28.3 Å². The van der Waals surface area contributed by atoms with Crippen LogP contribution in [0.4, 0.5) is 14.5 Å². The first-order chi connectivity index (χ1) is 6.99. The van der Waals surface area contributed by atoms with Crippen LogP contribution in [0.15, 0.2) is 6.20 Å². The summed E-state index contributed by atoms with van der Waals surface area (Å²) in [5.74, 6) is -1.22. The van der Waals surface area contributed by atoms with Gasteiger partial charge in [0.2, 0.25) is 0 Å². The van der Waals surface area contributed by atoms with Crippen molar-refractivity contribution in [1.82, 2.24) is 4.98 Å². The smallest absolute Gasteiger partial charge is 0.300 e. The average molecular weight is 239 g/mol. The molecule has 0 aliphatic carbocycles. The molecule has 0 atom stereocenters. The van der Waals surface area contributed by atoms with Crippen LogP contribution in [-0.4, -0.2) is 15.0 Å². The van der Waals surface area contributed by atoms with Gasteiger partial charge in [-0.15, -0.1) is 11.6 Å².